The van der Waals surface area contributed by atoms with E-state index in [-0.39, 0.29) is 6.10 Å². The minimum atomic E-state index is 0.186. The zero-order valence-corrected chi connectivity index (χ0v) is 14.1. The van der Waals surface area contributed by atoms with Crippen molar-refractivity contribution in [2.75, 3.05) is 37.9 Å². The number of hydrogen-bond acceptors (Lipinski definition) is 6. The monoisotopic (exact) mass is 344 g/mol. The normalized spacial score (nSPS) is 18.0. The van der Waals surface area contributed by atoms with E-state index < -0.39 is 0 Å². The Morgan fingerprint density at radius 1 is 1.04 bits per heavy atom. The van der Waals surface area contributed by atoms with Gasteiger partial charge in [-0.2, -0.15) is 0 Å². The topological polar surface area (TPSA) is 66.6 Å². The SMILES string of the molecule is Nc1cc(-c2ccc(OC3COC3)cc2)cc(SCC2COC2)n1. The summed E-state index contributed by atoms with van der Waals surface area (Å²) in [6.07, 6.45) is 0.186. The molecule has 0 bridgehead atoms. The molecule has 2 fully saturated rings. The van der Waals surface area contributed by atoms with Gasteiger partial charge in [-0.3, -0.25) is 0 Å². The van der Waals surface area contributed by atoms with E-state index in [4.69, 9.17) is 19.9 Å². The maximum absolute atomic E-state index is 5.98. The Morgan fingerprint density at radius 2 is 1.79 bits per heavy atom. The molecule has 0 aliphatic carbocycles. The molecule has 2 saturated heterocycles. The first-order chi connectivity index (χ1) is 11.8. The molecule has 2 aliphatic rings. The van der Waals surface area contributed by atoms with Gasteiger partial charge in [0, 0.05) is 11.7 Å². The fourth-order valence-electron chi connectivity index (χ4n) is 2.55. The molecule has 5 nitrogen and oxygen atoms in total. The van der Waals surface area contributed by atoms with Gasteiger partial charge in [0.1, 0.15) is 17.7 Å². The van der Waals surface area contributed by atoms with Crippen molar-refractivity contribution in [2.45, 2.75) is 11.1 Å². The zero-order chi connectivity index (χ0) is 16.4. The number of pyridine rings is 1. The van der Waals surface area contributed by atoms with E-state index in [0.717, 1.165) is 40.9 Å². The molecule has 6 heteroatoms. The van der Waals surface area contributed by atoms with Gasteiger partial charge in [-0.1, -0.05) is 12.1 Å². The Labute approximate surface area is 145 Å². The molecule has 1 aromatic heterocycles. The average molecular weight is 344 g/mol. The van der Waals surface area contributed by atoms with Crippen molar-refractivity contribution in [3.05, 3.63) is 36.4 Å². The molecular formula is C18H20N2O3S. The van der Waals surface area contributed by atoms with Crippen molar-refractivity contribution in [3.8, 4) is 16.9 Å². The van der Waals surface area contributed by atoms with E-state index in [9.17, 15) is 0 Å². The van der Waals surface area contributed by atoms with E-state index in [0.29, 0.717) is 24.9 Å². The summed E-state index contributed by atoms with van der Waals surface area (Å²) in [5, 5.41) is 0.962. The van der Waals surface area contributed by atoms with Gasteiger partial charge < -0.3 is 19.9 Å². The largest absolute Gasteiger partial charge is 0.486 e. The second-order valence-corrected chi connectivity index (χ2v) is 7.18. The van der Waals surface area contributed by atoms with Crippen LogP contribution in [-0.4, -0.2) is 43.3 Å². The van der Waals surface area contributed by atoms with Crippen molar-refractivity contribution in [3.63, 3.8) is 0 Å². The first kappa shape index (κ1) is 15.7. The Bertz CT molecular complexity index is 700. The van der Waals surface area contributed by atoms with Crippen LogP contribution in [0.25, 0.3) is 11.1 Å². The summed E-state index contributed by atoms with van der Waals surface area (Å²) in [7, 11) is 0. The Balaban J connectivity index is 1.46. The third-order valence-corrected chi connectivity index (χ3v) is 5.24. The van der Waals surface area contributed by atoms with E-state index in [1.165, 1.54) is 0 Å². The Hall–Kier alpha value is -1.76. The third-order valence-electron chi connectivity index (χ3n) is 4.09. The second kappa shape index (κ2) is 7.01. The summed E-state index contributed by atoms with van der Waals surface area (Å²) in [6.45, 7) is 3.07. The van der Waals surface area contributed by atoms with Crippen LogP contribution >= 0.6 is 11.8 Å². The number of aromatic nitrogens is 1. The highest BCUT2D eigenvalue weighted by molar-refractivity contribution is 7.99. The Morgan fingerprint density at radius 3 is 2.42 bits per heavy atom. The lowest BCUT2D eigenvalue weighted by atomic mass is 10.1. The molecule has 0 spiro atoms. The maximum atomic E-state index is 5.98. The van der Waals surface area contributed by atoms with Crippen LogP contribution in [-0.2, 0) is 9.47 Å². The highest BCUT2D eigenvalue weighted by atomic mass is 32.2. The summed E-state index contributed by atoms with van der Waals surface area (Å²) in [6, 6.07) is 12.1. The Kier molecular flexibility index (Phi) is 4.60. The number of nitrogens with two attached hydrogens (primary N) is 1. The van der Waals surface area contributed by atoms with Crippen LogP contribution in [0, 0.1) is 5.92 Å². The number of ether oxygens (including phenoxy) is 3. The zero-order valence-electron chi connectivity index (χ0n) is 13.3. The second-order valence-electron chi connectivity index (χ2n) is 6.14. The lowest BCUT2D eigenvalue weighted by Gasteiger charge is -2.26. The van der Waals surface area contributed by atoms with Crippen LogP contribution < -0.4 is 10.5 Å². The molecular weight excluding hydrogens is 324 g/mol. The van der Waals surface area contributed by atoms with Crippen LogP contribution in [0.4, 0.5) is 5.82 Å². The van der Waals surface area contributed by atoms with Gasteiger partial charge in [-0.25, -0.2) is 4.98 Å². The highest BCUT2D eigenvalue weighted by Gasteiger charge is 2.20. The summed E-state index contributed by atoms with van der Waals surface area (Å²) in [5.74, 6) is 3.07. The van der Waals surface area contributed by atoms with Gasteiger partial charge >= 0.3 is 0 Å². The lowest BCUT2D eigenvalue weighted by molar-refractivity contribution is -0.0796. The molecule has 0 amide bonds. The number of benzene rings is 1. The van der Waals surface area contributed by atoms with Gasteiger partial charge in [0.2, 0.25) is 0 Å². The quantitative estimate of drug-likeness (QED) is 0.813. The number of nitrogens with zero attached hydrogens (tertiary/aromatic N) is 1. The molecule has 0 unspecified atom stereocenters. The van der Waals surface area contributed by atoms with Crippen LogP contribution in [0.15, 0.2) is 41.4 Å². The van der Waals surface area contributed by atoms with Gasteiger partial charge in [0.15, 0.2) is 0 Å². The van der Waals surface area contributed by atoms with E-state index in [1.807, 2.05) is 18.2 Å². The number of hydrogen-bond donors (Lipinski definition) is 1. The standard InChI is InChI=1S/C18H20N2O3S/c19-17-5-14(6-18(20-17)24-11-12-7-21-8-12)13-1-3-15(4-2-13)23-16-9-22-10-16/h1-6,12,16H,7-11H2,(H2,19,20). The molecule has 2 aliphatic heterocycles. The summed E-state index contributed by atoms with van der Waals surface area (Å²) >= 11 is 1.74. The molecule has 0 radical (unpaired) electrons. The highest BCUT2D eigenvalue weighted by Crippen LogP contribution is 2.30. The fourth-order valence-corrected chi connectivity index (χ4v) is 3.53. The third kappa shape index (κ3) is 3.66. The minimum Gasteiger partial charge on any atom is -0.486 e. The average Bonchev–Trinajstić information content (AvgIpc) is 2.49. The molecule has 2 N–H and O–H groups in total. The molecule has 4 rings (SSSR count). The lowest BCUT2D eigenvalue weighted by Crippen LogP contribution is -2.38. The van der Waals surface area contributed by atoms with Gasteiger partial charge in [0.05, 0.1) is 31.5 Å². The molecule has 24 heavy (non-hydrogen) atoms. The van der Waals surface area contributed by atoms with Crippen molar-refractivity contribution in [1.82, 2.24) is 4.98 Å². The number of nitrogen functional groups attached to an aromatic ring is 1. The molecule has 3 heterocycles. The predicted octanol–water partition coefficient (Wildman–Crippen LogP) is 2.85. The fraction of sp³-hybridized carbons (Fsp3) is 0.389. The van der Waals surface area contributed by atoms with E-state index in [1.54, 1.807) is 11.8 Å². The van der Waals surface area contributed by atoms with Crippen LogP contribution in [0.2, 0.25) is 0 Å². The van der Waals surface area contributed by atoms with E-state index in [2.05, 4.69) is 23.2 Å². The minimum absolute atomic E-state index is 0.186. The van der Waals surface area contributed by atoms with Crippen molar-refractivity contribution in [2.24, 2.45) is 5.92 Å². The number of anilines is 1. The summed E-state index contributed by atoms with van der Waals surface area (Å²) < 4.78 is 16.1. The number of rotatable bonds is 6. The number of thioether (sulfide) groups is 1. The smallest absolute Gasteiger partial charge is 0.145 e. The van der Waals surface area contributed by atoms with Gasteiger partial charge in [-0.15, -0.1) is 11.8 Å². The molecule has 126 valence electrons. The predicted molar refractivity (Wildman–Crippen MR) is 94.4 cm³/mol. The maximum Gasteiger partial charge on any atom is 0.145 e. The first-order valence-corrected chi connectivity index (χ1v) is 9.08. The first-order valence-electron chi connectivity index (χ1n) is 8.09. The molecule has 0 atom stereocenters. The van der Waals surface area contributed by atoms with Crippen molar-refractivity contribution in [1.29, 1.82) is 0 Å². The molecule has 2 aromatic rings. The van der Waals surface area contributed by atoms with Gasteiger partial charge in [-0.05, 0) is 35.4 Å². The van der Waals surface area contributed by atoms with E-state index >= 15 is 0 Å². The van der Waals surface area contributed by atoms with Crippen LogP contribution in [0.1, 0.15) is 0 Å². The van der Waals surface area contributed by atoms with Crippen LogP contribution in [0.5, 0.6) is 5.75 Å². The van der Waals surface area contributed by atoms with Crippen molar-refractivity contribution >= 4 is 17.6 Å². The molecule has 1 aromatic carbocycles. The molecule has 0 saturated carbocycles. The summed E-state index contributed by atoms with van der Waals surface area (Å²) in [5.41, 5.74) is 8.17. The van der Waals surface area contributed by atoms with Crippen molar-refractivity contribution < 1.29 is 14.2 Å². The van der Waals surface area contributed by atoms with Gasteiger partial charge in [0.25, 0.3) is 0 Å². The summed E-state index contributed by atoms with van der Waals surface area (Å²) in [4.78, 5) is 4.43. The van der Waals surface area contributed by atoms with Crippen LogP contribution in [0.3, 0.4) is 0 Å².